The van der Waals surface area contributed by atoms with E-state index >= 15 is 0 Å². The van der Waals surface area contributed by atoms with Gasteiger partial charge in [-0.15, -0.1) is 5.10 Å². The Balaban J connectivity index is 1.16. The number of hydrogen-bond donors (Lipinski definition) is 4. The van der Waals surface area contributed by atoms with Gasteiger partial charge in [0, 0.05) is 24.1 Å². The second-order valence-corrected chi connectivity index (χ2v) is 7.55. The zero-order chi connectivity index (χ0) is 21.0. The quantitative estimate of drug-likeness (QED) is 0.461. The molecule has 10 heteroatoms. The number of aromatic amines is 2. The summed E-state index contributed by atoms with van der Waals surface area (Å²) >= 11 is 0. The number of benzene rings is 1. The fourth-order valence-corrected chi connectivity index (χ4v) is 3.62. The lowest BCUT2D eigenvalue weighted by Gasteiger charge is -2.15. The molecule has 3 heterocycles. The number of fused-ring (bicyclic) bond motifs is 1. The van der Waals surface area contributed by atoms with Gasteiger partial charge in [-0.05, 0) is 42.7 Å². The zero-order valence-electron chi connectivity index (χ0n) is 16.9. The lowest BCUT2D eigenvalue weighted by atomic mass is 10.0. The van der Waals surface area contributed by atoms with Gasteiger partial charge < -0.3 is 20.1 Å². The molecule has 2 aromatic heterocycles. The van der Waals surface area contributed by atoms with E-state index in [0.717, 1.165) is 40.8 Å². The summed E-state index contributed by atoms with van der Waals surface area (Å²) in [5.74, 6) is 1.87. The van der Waals surface area contributed by atoms with Crippen LogP contribution in [0, 0.1) is 0 Å². The smallest absolute Gasteiger partial charge is 0.258 e. The van der Waals surface area contributed by atoms with Crippen LogP contribution in [-0.4, -0.2) is 57.1 Å². The second-order valence-electron chi connectivity index (χ2n) is 7.55. The highest BCUT2D eigenvalue weighted by Crippen LogP contribution is 2.26. The maximum atomic E-state index is 12.0. The Morgan fingerprint density at radius 3 is 3.06 bits per heavy atom. The molecule has 10 nitrogen and oxygen atoms in total. The van der Waals surface area contributed by atoms with Gasteiger partial charge in [0.15, 0.2) is 12.4 Å². The fourth-order valence-electron chi connectivity index (χ4n) is 3.62. The standard InChI is InChI=1S/C21H23N7O3/c29-19(23-16-7-8-30-11-16)12-31-17-4-1-13(2-5-17)20-25-21(28-27-20)24-15-3-6-18-14(9-15)10-22-26-18/h1,3-4,6,9-10,16H,2,5,7-8,11-12H2,(H,22,26)(H,23,29)(H2,24,25,27,28). The molecule has 31 heavy (non-hydrogen) atoms. The van der Waals surface area contributed by atoms with Crippen LogP contribution < -0.4 is 10.6 Å². The first-order valence-electron chi connectivity index (χ1n) is 10.3. The normalized spacial score (nSPS) is 18.5. The van der Waals surface area contributed by atoms with Crippen molar-refractivity contribution in [2.24, 2.45) is 0 Å². The molecule has 4 N–H and O–H groups in total. The molecule has 0 radical (unpaired) electrons. The molecule has 1 aromatic carbocycles. The van der Waals surface area contributed by atoms with E-state index in [1.54, 1.807) is 6.20 Å². The molecule has 160 valence electrons. The number of H-pyrrole nitrogens is 2. The van der Waals surface area contributed by atoms with E-state index in [1.165, 1.54) is 0 Å². The van der Waals surface area contributed by atoms with Crippen molar-refractivity contribution in [1.29, 1.82) is 0 Å². The molecule has 3 aromatic rings. The van der Waals surface area contributed by atoms with Crippen LogP contribution in [0.15, 0.2) is 42.3 Å². The first kappa shape index (κ1) is 19.3. The average Bonchev–Trinajstić information content (AvgIpc) is 3.55. The third-order valence-electron chi connectivity index (χ3n) is 5.28. The molecule has 1 aliphatic heterocycles. The number of carbonyl (C=O) groups excluding carboxylic acids is 1. The first-order chi connectivity index (χ1) is 15.2. The van der Waals surface area contributed by atoms with E-state index < -0.39 is 0 Å². The summed E-state index contributed by atoms with van der Waals surface area (Å²) in [6, 6.07) is 5.98. The van der Waals surface area contributed by atoms with Gasteiger partial charge in [-0.2, -0.15) is 10.1 Å². The largest absolute Gasteiger partial charge is 0.488 e. The molecular formula is C21H23N7O3. The number of amides is 1. The van der Waals surface area contributed by atoms with Gasteiger partial charge in [-0.25, -0.2) is 0 Å². The number of hydrogen-bond acceptors (Lipinski definition) is 7. The molecule has 1 atom stereocenters. The van der Waals surface area contributed by atoms with Gasteiger partial charge in [0.1, 0.15) is 0 Å². The summed E-state index contributed by atoms with van der Waals surface area (Å²) in [6.07, 6.45) is 7.91. The number of allylic oxidation sites excluding steroid dienone is 4. The number of aromatic nitrogens is 5. The molecule has 0 spiro atoms. The highest BCUT2D eigenvalue weighted by Gasteiger charge is 2.19. The van der Waals surface area contributed by atoms with Crippen LogP contribution in [0.25, 0.3) is 16.5 Å². The minimum Gasteiger partial charge on any atom is -0.488 e. The van der Waals surface area contributed by atoms with Gasteiger partial charge in [0.2, 0.25) is 5.95 Å². The molecule has 0 saturated carbocycles. The van der Waals surface area contributed by atoms with Crippen LogP contribution in [0.2, 0.25) is 0 Å². The Hall–Kier alpha value is -3.66. The predicted octanol–water partition coefficient (Wildman–Crippen LogP) is 2.41. The van der Waals surface area contributed by atoms with E-state index in [2.05, 4.69) is 36.0 Å². The summed E-state index contributed by atoms with van der Waals surface area (Å²) in [5.41, 5.74) is 2.89. The number of anilines is 2. The van der Waals surface area contributed by atoms with E-state index in [0.29, 0.717) is 31.4 Å². The minimum atomic E-state index is -0.120. The van der Waals surface area contributed by atoms with E-state index in [4.69, 9.17) is 9.47 Å². The lowest BCUT2D eigenvalue weighted by molar-refractivity contribution is -0.125. The molecule has 1 saturated heterocycles. The zero-order valence-corrected chi connectivity index (χ0v) is 16.9. The van der Waals surface area contributed by atoms with E-state index in [1.807, 2.05) is 30.4 Å². The molecule has 1 amide bonds. The maximum Gasteiger partial charge on any atom is 0.258 e. The van der Waals surface area contributed by atoms with E-state index in [-0.39, 0.29) is 18.6 Å². The second kappa shape index (κ2) is 8.60. The van der Waals surface area contributed by atoms with Gasteiger partial charge in [0.25, 0.3) is 5.91 Å². The predicted molar refractivity (Wildman–Crippen MR) is 114 cm³/mol. The fraction of sp³-hybridized carbons (Fsp3) is 0.333. The molecule has 1 unspecified atom stereocenters. The Labute approximate surface area is 178 Å². The average molecular weight is 421 g/mol. The maximum absolute atomic E-state index is 12.0. The van der Waals surface area contributed by atoms with Crippen molar-refractivity contribution in [3.8, 4) is 0 Å². The highest BCUT2D eigenvalue weighted by molar-refractivity contribution is 5.82. The number of carbonyl (C=O) groups is 1. The molecule has 0 bridgehead atoms. The SMILES string of the molecule is O=C(COC1=CC=C(c2nc(Nc3ccc4[nH]ncc4c3)n[nH]2)CC1)NC1CCOC1. The van der Waals surface area contributed by atoms with Gasteiger partial charge in [-0.1, -0.05) is 6.08 Å². The number of ether oxygens (including phenoxy) is 2. The van der Waals surface area contributed by atoms with Crippen LogP contribution in [-0.2, 0) is 14.3 Å². The molecular weight excluding hydrogens is 398 g/mol. The Bertz CT molecular complexity index is 1140. The number of rotatable bonds is 7. The van der Waals surface area contributed by atoms with Crippen molar-refractivity contribution in [3.05, 3.63) is 48.1 Å². The van der Waals surface area contributed by atoms with E-state index in [9.17, 15) is 4.79 Å². The van der Waals surface area contributed by atoms with Crippen molar-refractivity contribution in [2.45, 2.75) is 25.3 Å². The van der Waals surface area contributed by atoms with Gasteiger partial charge in [-0.3, -0.25) is 15.0 Å². The third-order valence-corrected chi connectivity index (χ3v) is 5.28. The third kappa shape index (κ3) is 4.58. The molecule has 1 aliphatic carbocycles. The first-order valence-corrected chi connectivity index (χ1v) is 10.3. The van der Waals surface area contributed by atoms with Crippen LogP contribution in [0.5, 0.6) is 0 Å². The lowest BCUT2D eigenvalue weighted by Crippen LogP contribution is -2.37. The van der Waals surface area contributed by atoms with Crippen LogP contribution in [0.1, 0.15) is 25.1 Å². The Morgan fingerprint density at radius 2 is 2.23 bits per heavy atom. The topological polar surface area (TPSA) is 130 Å². The molecule has 2 aliphatic rings. The summed E-state index contributed by atoms with van der Waals surface area (Å²) < 4.78 is 10.9. The monoisotopic (exact) mass is 421 g/mol. The van der Waals surface area contributed by atoms with Crippen LogP contribution in [0.4, 0.5) is 11.6 Å². The van der Waals surface area contributed by atoms with Crippen molar-refractivity contribution >= 4 is 34.0 Å². The molecule has 1 fully saturated rings. The number of nitrogens with zero attached hydrogens (tertiary/aromatic N) is 3. The molecule has 5 rings (SSSR count). The summed E-state index contributed by atoms with van der Waals surface area (Å²) in [5, 5.41) is 21.3. The Morgan fingerprint density at radius 1 is 1.26 bits per heavy atom. The highest BCUT2D eigenvalue weighted by atomic mass is 16.5. The van der Waals surface area contributed by atoms with Crippen LogP contribution >= 0.6 is 0 Å². The van der Waals surface area contributed by atoms with Crippen molar-refractivity contribution in [2.75, 3.05) is 25.1 Å². The van der Waals surface area contributed by atoms with Gasteiger partial charge in [0.05, 0.1) is 30.1 Å². The summed E-state index contributed by atoms with van der Waals surface area (Å²) in [7, 11) is 0. The summed E-state index contributed by atoms with van der Waals surface area (Å²) in [6.45, 7) is 1.29. The van der Waals surface area contributed by atoms with Crippen molar-refractivity contribution in [1.82, 2.24) is 30.7 Å². The van der Waals surface area contributed by atoms with Gasteiger partial charge >= 0.3 is 0 Å². The van der Waals surface area contributed by atoms with Crippen molar-refractivity contribution in [3.63, 3.8) is 0 Å². The van der Waals surface area contributed by atoms with Crippen LogP contribution in [0.3, 0.4) is 0 Å². The minimum absolute atomic E-state index is 0.0168. The number of nitrogens with one attached hydrogen (secondary N) is 4. The van der Waals surface area contributed by atoms with Crippen molar-refractivity contribution < 1.29 is 14.3 Å². The Kier molecular flexibility index (Phi) is 5.36. The summed E-state index contributed by atoms with van der Waals surface area (Å²) in [4.78, 5) is 16.5.